The minimum absolute atomic E-state index is 0.143. The summed E-state index contributed by atoms with van der Waals surface area (Å²) in [6.07, 6.45) is 5.28. The van der Waals surface area contributed by atoms with Gasteiger partial charge < -0.3 is 0 Å². The molecule has 122 valence electrons. The molecule has 0 atom stereocenters. The molecule has 0 amide bonds. The van der Waals surface area contributed by atoms with Crippen LogP contribution in [0.15, 0.2) is 71.7 Å². The molecule has 2 aromatic carbocycles. The van der Waals surface area contributed by atoms with Crippen molar-refractivity contribution in [1.82, 2.24) is 19.3 Å². The number of nitrogens with zero attached hydrogens (tertiary/aromatic N) is 4. The average Bonchev–Trinajstić information content (AvgIpc) is 3.03. The monoisotopic (exact) mass is 328 g/mol. The fourth-order valence-electron chi connectivity index (χ4n) is 2.79. The van der Waals surface area contributed by atoms with Gasteiger partial charge in [0.15, 0.2) is 5.52 Å². The van der Waals surface area contributed by atoms with Crippen LogP contribution in [0.4, 0.5) is 0 Å². The summed E-state index contributed by atoms with van der Waals surface area (Å²) in [6.45, 7) is 0. The van der Waals surface area contributed by atoms with E-state index in [1.165, 1.54) is 0 Å². The molecule has 0 unspecified atom stereocenters. The number of rotatable bonds is 3. The van der Waals surface area contributed by atoms with E-state index in [1.54, 1.807) is 28.7 Å². The van der Waals surface area contributed by atoms with E-state index in [0.29, 0.717) is 16.9 Å². The van der Waals surface area contributed by atoms with Gasteiger partial charge in [-0.3, -0.25) is 14.0 Å². The van der Waals surface area contributed by atoms with Gasteiger partial charge in [-0.25, -0.2) is 4.98 Å². The third kappa shape index (κ3) is 2.76. The Hall–Kier alpha value is -3.47. The number of aromatic nitrogens is 4. The Morgan fingerprint density at radius 3 is 2.36 bits per heavy atom. The molecule has 0 bridgehead atoms. The third-order valence-corrected chi connectivity index (χ3v) is 4.04. The number of benzene rings is 2. The van der Waals surface area contributed by atoms with E-state index in [2.05, 4.69) is 10.1 Å². The van der Waals surface area contributed by atoms with Crippen LogP contribution < -0.4 is 5.56 Å². The molecule has 0 aliphatic carbocycles. The lowest BCUT2D eigenvalue weighted by molar-refractivity contribution is 0.789. The van der Waals surface area contributed by atoms with Gasteiger partial charge in [-0.15, -0.1) is 0 Å². The zero-order valence-electron chi connectivity index (χ0n) is 13.7. The molecule has 2 aromatic heterocycles. The van der Waals surface area contributed by atoms with Crippen molar-refractivity contribution < 1.29 is 0 Å². The molecule has 0 fully saturated rings. The maximum Gasteiger partial charge on any atom is 0.284 e. The molecule has 0 aliphatic rings. The predicted octanol–water partition coefficient (Wildman–Crippen LogP) is 3.42. The molecular weight excluding hydrogens is 312 g/mol. The number of fused-ring (bicyclic) bond motifs is 1. The zero-order chi connectivity index (χ0) is 17.2. The van der Waals surface area contributed by atoms with Crippen molar-refractivity contribution in [2.24, 2.45) is 7.05 Å². The van der Waals surface area contributed by atoms with E-state index in [1.807, 2.05) is 66.7 Å². The first-order valence-corrected chi connectivity index (χ1v) is 7.97. The van der Waals surface area contributed by atoms with Gasteiger partial charge in [-0.05, 0) is 11.6 Å². The summed E-state index contributed by atoms with van der Waals surface area (Å²) >= 11 is 0. The van der Waals surface area contributed by atoms with Gasteiger partial charge >= 0.3 is 0 Å². The molecule has 5 nitrogen and oxygen atoms in total. The van der Waals surface area contributed by atoms with Crippen molar-refractivity contribution >= 4 is 23.3 Å². The van der Waals surface area contributed by atoms with Crippen LogP contribution in [-0.4, -0.2) is 19.3 Å². The van der Waals surface area contributed by atoms with Crippen LogP contribution in [0.2, 0.25) is 0 Å². The van der Waals surface area contributed by atoms with Crippen LogP contribution in [0.25, 0.3) is 34.7 Å². The molecule has 25 heavy (non-hydrogen) atoms. The van der Waals surface area contributed by atoms with E-state index in [0.717, 1.165) is 11.1 Å². The molecule has 0 saturated carbocycles. The van der Waals surface area contributed by atoms with E-state index in [9.17, 15) is 4.79 Å². The third-order valence-electron chi connectivity index (χ3n) is 4.04. The second-order valence-corrected chi connectivity index (χ2v) is 5.71. The number of hydrogen-bond acceptors (Lipinski definition) is 3. The van der Waals surface area contributed by atoms with Gasteiger partial charge in [0.25, 0.3) is 5.56 Å². The van der Waals surface area contributed by atoms with Crippen molar-refractivity contribution in [2.75, 3.05) is 0 Å². The first-order valence-electron chi connectivity index (χ1n) is 7.97. The van der Waals surface area contributed by atoms with Gasteiger partial charge in [-0.1, -0.05) is 60.7 Å². The number of hydrogen-bond donors (Lipinski definition) is 0. The average molecular weight is 328 g/mol. The Balaban J connectivity index is 1.97. The molecule has 0 spiro atoms. The van der Waals surface area contributed by atoms with Crippen molar-refractivity contribution in [1.29, 1.82) is 0 Å². The van der Waals surface area contributed by atoms with Crippen LogP contribution in [0.3, 0.4) is 0 Å². The van der Waals surface area contributed by atoms with Crippen molar-refractivity contribution in [3.8, 4) is 11.4 Å². The molecule has 0 aliphatic heterocycles. The maximum atomic E-state index is 13.0. The lowest BCUT2D eigenvalue weighted by Gasteiger charge is -2.09. The van der Waals surface area contributed by atoms with Crippen LogP contribution >= 0.6 is 0 Å². The first kappa shape index (κ1) is 15.1. The summed E-state index contributed by atoms with van der Waals surface area (Å²) < 4.78 is 3.14. The highest BCUT2D eigenvalue weighted by atomic mass is 16.1. The molecular formula is C20H16N4O. The summed E-state index contributed by atoms with van der Waals surface area (Å²) in [7, 11) is 1.75. The first-order chi connectivity index (χ1) is 12.2. The van der Waals surface area contributed by atoms with Gasteiger partial charge in [0, 0.05) is 18.8 Å². The molecule has 0 saturated heterocycles. The maximum absolute atomic E-state index is 13.0. The van der Waals surface area contributed by atoms with Crippen LogP contribution in [0, 0.1) is 0 Å². The Morgan fingerprint density at radius 2 is 1.64 bits per heavy atom. The fraction of sp³-hybridized carbons (Fsp3) is 0.0500. The minimum Gasteiger partial charge on any atom is -0.266 e. The smallest absolute Gasteiger partial charge is 0.266 e. The lowest BCUT2D eigenvalue weighted by Crippen LogP contribution is -2.21. The van der Waals surface area contributed by atoms with Crippen molar-refractivity contribution in [3.63, 3.8) is 0 Å². The molecule has 0 radical (unpaired) electrons. The molecule has 0 N–H and O–H groups in total. The van der Waals surface area contributed by atoms with E-state index >= 15 is 0 Å². The van der Waals surface area contributed by atoms with E-state index < -0.39 is 0 Å². The minimum atomic E-state index is -0.143. The van der Waals surface area contributed by atoms with Crippen molar-refractivity contribution in [3.05, 3.63) is 82.8 Å². The Labute approximate surface area is 144 Å². The normalized spacial score (nSPS) is 11.4. The number of aryl methyl sites for hydroxylation is 1. The second-order valence-electron chi connectivity index (χ2n) is 5.71. The predicted molar refractivity (Wildman–Crippen MR) is 99.9 cm³/mol. The molecule has 4 aromatic rings. The van der Waals surface area contributed by atoms with Gasteiger partial charge in [0.05, 0.1) is 6.20 Å². The summed E-state index contributed by atoms with van der Waals surface area (Å²) in [5.74, 6) is 0.596. The van der Waals surface area contributed by atoms with Gasteiger partial charge in [0.1, 0.15) is 11.3 Å². The fourth-order valence-corrected chi connectivity index (χ4v) is 2.79. The summed E-state index contributed by atoms with van der Waals surface area (Å²) in [6, 6.07) is 19.5. The van der Waals surface area contributed by atoms with Gasteiger partial charge in [-0.2, -0.15) is 5.10 Å². The van der Waals surface area contributed by atoms with Gasteiger partial charge in [0.2, 0.25) is 0 Å². The highest BCUT2D eigenvalue weighted by molar-refractivity contribution is 5.78. The van der Waals surface area contributed by atoms with E-state index in [4.69, 9.17) is 0 Å². The summed E-state index contributed by atoms with van der Waals surface area (Å²) in [4.78, 5) is 17.7. The van der Waals surface area contributed by atoms with Crippen LogP contribution in [-0.2, 0) is 7.05 Å². The molecule has 2 heterocycles. The SMILES string of the molecule is Cn1ncc2nc(-c3ccccc3)n(C=Cc3ccccc3)c(=O)c21. The highest BCUT2D eigenvalue weighted by Gasteiger charge is 2.14. The Kier molecular flexibility index (Phi) is 3.74. The Morgan fingerprint density at radius 1 is 0.960 bits per heavy atom. The Bertz CT molecular complexity index is 1110. The second kappa shape index (κ2) is 6.20. The van der Waals surface area contributed by atoms with Crippen LogP contribution in [0.5, 0.6) is 0 Å². The summed E-state index contributed by atoms with van der Waals surface area (Å²) in [5, 5.41) is 4.17. The standard InChI is InChI=1S/C20H16N4O/c1-23-18-17(14-21-23)22-19(16-10-6-3-7-11-16)24(20(18)25)13-12-15-8-4-2-5-9-15/h2-14H,1H3. The van der Waals surface area contributed by atoms with Crippen molar-refractivity contribution in [2.45, 2.75) is 0 Å². The molecule has 5 heteroatoms. The quantitative estimate of drug-likeness (QED) is 0.579. The molecule has 4 rings (SSSR count). The summed E-state index contributed by atoms with van der Waals surface area (Å²) in [5.41, 5.74) is 2.82. The zero-order valence-corrected chi connectivity index (χ0v) is 13.7. The largest absolute Gasteiger partial charge is 0.284 e. The van der Waals surface area contributed by atoms with E-state index in [-0.39, 0.29) is 5.56 Å². The lowest BCUT2D eigenvalue weighted by atomic mass is 10.2. The topological polar surface area (TPSA) is 52.7 Å². The van der Waals surface area contributed by atoms with Crippen LogP contribution in [0.1, 0.15) is 5.56 Å². The highest BCUT2D eigenvalue weighted by Crippen LogP contribution is 2.19.